The molecule has 2 rings (SSSR count). The number of urea groups is 1. The van der Waals surface area contributed by atoms with Crippen molar-refractivity contribution in [2.75, 3.05) is 25.0 Å². The van der Waals surface area contributed by atoms with Gasteiger partial charge < -0.3 is 26.0 Å². The van der Waals surface area contributed by atoms with Crippen LogP contribution in [0.15, 0.2) is 18.2 Å². The molecule has 1 saturated heterocycles. The molecule has 0 bridgehead atoms. The van der Waals surface area contributed by atoms with E-state index in [4.69, 9.17) is 10.5 Å². The Morgan fingerprint density at radius 1 is 1.20 bits per heavy atom. The lowest BCUT2D eigenvalue weighted by Crippen LogP contribution is -2.46. The minimum absolute atomic E-state index is 0.130. The first kappa shape index (κ1) is 23.9. The number of piperidine rings is 1. The van der Waals surface area contributed by atoms with Gasteiger partial charge in [-0.3, -0.25) is 0 Å². The molecule has 7 nitrogen and oxygen atoms in total. The van der Waals surface area contributed by atoms with Gasteiger partial charge >= 0.3 is 12.1 Å². The van der Waals surface area contributed by atoms with Crippen LogP contribution in [-0.4, -0.2) is 47.8 Å². The van der Waals surface area contributed by atoms with Crippen molar-refractivity contribution < 1.29 is 18.7 Å². The Balaban J connectivity index is 1.84. The van der Waals surface area contributed by atoms with E-state index < -0.39 is 23.0 Å². The molecule has 4 N–H and O–H groups in total. The molecule has 0 atom stereocenters. The van der Waals surface area contributed by atoms with Gasteiger partial charge in [-0.15, -0.1) is 0 Å². The van der Waals surface area contributed by atoms with Gasteiger partial charge in [0.1, 0.15) is 11.4 Å². The van der Waals surface area contributed by atoms with Crippen molar-refractivity contribution in [1.29, 1.82) is 0 Å². The highest BCUT2D eigenvalue weighted by Gasteiger charge is 2.27. The molecule has 1 heterocycles. The number of likely N-dealkylation sites (tertiary alicyclic amines) is 1. The van der Waals surface area contributed by atoms with Gasteiger partial charge in [0.25, 0.3) is 0 Å². The lowest BCUT2D eigenvalue weighted by molar-refractivity contribution is 0.0184. The van der Waals surface area contributed by atoms with Gasteiger partial charge in [0, 0.05) is 25.2 Å². The zero-order valence-electron chi connectivity index (χ0n) is 18.7. The molecule has 0 unspecified atom stereocenters. The number of amides is 3. The Labute approximate surface area is 178 Å². The van der Waals surface area contributed by atoms with Gasteiger partial charge in [0.2, 0.25) is 0 Å². The highest BCUT2D eigenvalue weighted by molar-refractivity contribution is 5.89. The molecular weight excluding hydrogens is 387 g/mol. The fourth-order valence-corrected chi connectivity index (χ4v) is 3.24. The number of hydrogen-bond donors (Lipinski definition) is 3. The summed E-state index contributed by atoms with van der Waals surface area (Å²) in [6, 6.07) is 4.37. The summed E-state index contributed by atoms with van der Waals surface area (Å²) < 4.78 is 19.8. The second-order valence-corrected chi connectivity index (χ2v) is 9.73. The van der Waals surface area contributed by atoms with E-state index in [2.05, 4.69) is 10.6 Å². The van der Waals surface area contributed by atoms with Crippen molar-refractivity contribution in [3.63, 3.8) is 0 Å². The van der Waals surface area contributed by atoms with Crippen LogP contribution < -0.4 is 16.4 Å². The van der Waals surface area contributed by atoms with Crippen LogP contribution in [0.4, 0.5) is 19.7 Å². The maximum Gasteiger partial charge on any atom is 0.410 e. The number of hydrogen-bond acceptors (Lipinski definition) is 4. The van der Waals surface area contributed by atoms with Crippen molar-refractivity contribution in [1.82, 2.24) is 10.2 Å². The molecule has 0 aliphatic carbocycles. The van der Waals surface area contributed by atoms with Crippen LogP contribution in [0, 0.1) is 11.7 Å². The summed E-state index contributed by atoms with van der Waals surface area (Å²) in [5.41, 5.74) is 5.78. The second-order valence-electron chi connectivity index (χ2n) is 9.73. The molecule has 30 heavy (non-hydrogen) atoms. The summed E-state index contributed by atoms with van der Waals surface area (Å²) in [6.07, 6.45) is 2.14. The highest BCUT2D eigenvalue weighted by Crippen LogP contribution is 2.25. The van der Waals surface area contributed by atoms with Crippen LogP contribution in [0.1, 0.15) is 53.0 Å². The number of rotatable bonds is 5. The maximum atomic E-state index is 14.4. The molecule has 8 heteroatoms. The Bertz CT molecular complexity index is 748. The van der Waals surface area contributed by atoms with Crippen LogP contribution in [0.3, 0.4) is 0 Å². The van der Waals surface area contributed by atoms with E-state index >= 15 is 0 Å². The number of ether oxygens (including phenoxy) is 1. The Morgan fingerprint density at radius 2 is 1.83 bits per heavy atom. The fourth-order valence-electron chi connectivity index (χ4n) is 3.24. The van der Waals surface area contributed by atoms with Crippen molar-refractivity contribution in [3.05, 3.63) is 29.6 Å². The largest absolute Gasteiger partial charge is 0.444 e. The van der Waals surface area contributed by atoms with Crippen molar-refractivity contribution in [3.8, 4) is 0 Å². The second kappa shape index (κ2) is 9.64. The standard InChI is InChI=1S/C22H35FN4O3/c1-21(2,3)30-20(29)27-10-8-15(9-11-27)12-16-6-7-18(17(23)13-16)26-19(28)25-14-22(4,5)24/h6-7,13,15H,8-12,14,24H2,1-5H3,(H2,25,26,28). The number of benzene rings is 1. The van der Waals surface area contributed by atoms with E-state index in [9.17, 15) is 14.0 Å². The van der Waals surface area contributed by atoms with E-state index in [-0.39, 0.29) is 18.3 Å². The van der Waals surface area contributed by atoms with E-state index in [1.807, 2.05) is 26.8 Å². The average molecular weight is 423 g/mol. The smallest absolute Gasteiger partial charge is 0.410 e. The monoisotopic (exact) mass is 422 g/mol. The Hall–Kier alpha value is -2.35. The van der Waals surface area contributed by atoms with Crippen molar-refractivity contribution >= 4 is 17.8 Å². The molecule has 0 spiro atoms. The lowest BCUT2D eigenvalue weighted by Gasteiger charge is -2.33. The summed E-state index contributed by atoms with van der Waals surface area (Å²) in [7, 11) is 0. The molecule has 3 amide bonds. The molecular formula is C22H35FN4O3. The minimum atomic E-state index is -0.543. The number of nitrogens with one attached hydrogen (secondary N) is 2. The molecule has 1 aromatic carbocycles. The molecule has 0 saturated carbocycles. The normalized spacial score (nSPS) is 15.6. The zero-order valence-corrected chi connectivity index (χ0v) is 18.7. The van der Waals surface area contributed by atoms with Crippen molar-refractivity contribution in [2.45, 2.75) is 65.0 Å². The zero-order chi connectivity index (χ0) is 22.5. The third-order valence-electron chi connectivity index (χ3n) is 4.78. The van der Waals surface area contributed by atoms with Gasteiger partial charge in [-0.1, -0.05) is 6.07 Å². The fraction of sp³-hybridized carbons (Fsp3) is 0.636. The molecule has 1 aliphatic heterocycles. The number of carbonyl (C=O) groups is 2. The first-order valence-electron chi connectivity index (χ1n) is 10.4. The number of carbonyl (C=O) groups excluding carboxylic acids is 2. The topological polar surface area (TPSA) is 96.7 Å². The molecule has 0 aromatic heterocycles. The third-order valence-corrected chi connectivity index (χ3v) is 4.78. The van der Waals surface area contributed by atoms with Crippen molar-refractivity contribution in [2.24, 2.45) is 11.7 Å². The molecule has 1 aromatic rings. The quantitative estimate of drug-likeness (QED) is 0.671. The van der Waals surface area contributed by atoms with E-state index in [1.165, 1.54) is 6.07 Å². The predicted molar refractivity (Wildman–Crippen MR) is 116 cm³/mol. The van der Waals surface area contributed by atoms with Gasteiger partial charge in [-0.2, -0.15) is 0 Å². The Morgan fingerprint density at radius 3 is 2.37 bits per heavy atom. The van der Waals surface area contributed by atoms with Gasteiger partial charge in [0.05, 0.1) is 5.69 Å². The van der Waals surface area contributed by atoms with Gasteiger partial charge in [0.15, 0.2) is 0 Å². The summed E-state index contributed by atoms with van der Waals surface area (Å²) in [5.74, 6) is -0.0992. The lowest BCUT2D eigenvalue weighted by atomic mass is 9.90. The SMILES string of the molecule is CC(C)(N)CNC(=O)Nc1ccc(CC2CCN(C(=O)OC(C)(C)C)CC2)cc1F. The molecule has 1 fully saturated rings. The predicted octanol–water partition coefficient (Wildman–Crippen LogP) is 3.87. The van der Waals surface area contributed by atoms with Crippen LogP contribution in [-0.2, 0) is 11.2 Å². The Kier molecular flexibility index (Phi) is 7.69. The molecule has 1 aliphatic rings. The number of halogens is 1. The first-order chi connectivity index (χ1) is 13.8. The maximum absolute atomic E-state index is 14.4. The highest BCUT2D eigenvalue weighted by atomic mass is 19.1. The summed E-state index contributed by atoms with van der Waals surface area (Å²) in [6.45, 7) is 10.7. The summed E-state index contributed by atoms with van der Waals surface area (Å²) in [5, 5.41) is 5.13. The number of nitrogens with zero attached hydrogens (tertiary/aromatic N) is 1. The average Bonchev–Trinajstić information content (AvgIpc) is 2.61. The first-order valence-corrected chi connectivity index (χ1v) is 10.4. The summed E-state index contributed by atoms with van der Waals surface area (Å²) >= 11 is 0. The van der Waals surface area contributed by atoms with Crippen LogP contribution in [0.25, 0.3) is 0 Å². The van der Waals surface area contributed by atoms with Crippen LogP contribution >= 0.6 is 0 Å². The van der Waals surface area contributed by atoms with E-state index in [0.717, 1.165) is 24.8 Å². The molecule has 0 radical (unpaired) electrons. The molecule has 168 valence electrons. The van der Waals surface area contributed by atoms with Gasteiger partial charge in [-0.05, 0) is 77.5 Å². The number of nitrogens with two attached hydrogens (primary N) is 1. The number of anilines is 1. The van der Waals surface area contributed by atoms with Crippen LogP contribution in [0.5, 0.6) is 0 Å². The van der Waals surface area contributed by atoms with Gasteiger partial charge in [-0.25, -0.2) is 14.0 Å². The van der Waals surface area contributed by atoms with Crippen LogP contribution in [0.2, 0.25) is 0 Å². The van der Waals surface area contributed by atoms with E-state index in [0.29, 0.717) is 19.0 Å². The van der Waals surface area contributed by atoms with E-state index in [1.54, 1.807) is 24.8 Å². The summed E-state index contributed by atoms with van der Waals surface area (Å²) in [4.78, 5) is 25.8. The third kappa shape index (κ3) is 8.18. The minimum Gasteiger partial charge on any atom is -0.444 e.